The molecule has 0 saturated heterocycles. The summed E-state index contributed by atoms with van der Waals surface area (Å²) in [6.45, 7) is 2.88. The number of amides is 1. The van der Waals surface area contributed by atoms with E-state index in [0.717, 1.165) is 44.1 Å². The van der Waals surface area contributed by atoms with Gasteiger partial charge in [-0.2, -0.15) is 0 Å². The van der Waals surface area contributed by atoms with Gasteiger partial charge in [0.25, 0.3) is 5.91 Å². The van der Waals surface area contributed by atoms with Gasteiger partial charge in [0, 0.05) is 25.2 Å². The van der Waals surface area contributed by atoms with Crippen molar-refractivity contribution in [2.75, 3.05) is 20.2 Å². The van der Waals surface area contributed by atoms with Crippen LogP contribution in [0.4, 0.5) is 0 Å². The van der Waals surface area contributed by atoms with Crippen LogP contribution in [-0.2, 0) is 19.4 Å². The van der Waals surface area contributed by atoms with Gasteiger partial charge in [-0.1, -0.05) is 18.2 Å². The predicted molar refractivity (Wildman–Crippen MR) is 103 cm³/mol. The molecule has 1 aliphatic carbocycles. The summed E-state index contributed by atoms with van der Waals surface area (Å²) in [4.78, 5) is 13.9. The topological polar surface area (TPSA) is 61.8 Å². The van der Waals surface area contributed by atoms with Crippen LogP contribution < -0.4 is 10.2 Å². The van der Waals surface area contributed by atoms with E-state index in [9.17, 15) is 4.79 Å². The molecule has 2 aromatic carbocycles. The van der Waals surface area contributed by atoms with E-state index in [-0.39, 0.29) is 0 Å². The van der Waals surface area contributed by atoms with Gasteiger partial charge in [0.1, 0.15) is 5.75 Å². The molecule has 27 heavy (non-hydrogen) atoms. The summed E-state index contributed by atoms with van der Waals surface area (Å²) in [5.74, 6) is 1.29. The molecule has 2 aliphatic rings. The number of hydroxylamine groups is 1. The van der Waals surface area contributed by atoms with E-state index >= 15 is 0 Å². The third kappa shape index (κ3) is 3.84. The molecule has 0 bridgehead atoms. The molecule has 0 unspecified atom stereocenters. The maximum atomic E-state index is 11.5. The minimum Gasteiger partial charge on any atom is -0.496 e. The van der Waals surface area contributed by atoms with E-state index in [1.54, 1.807) is 24.7 Å². The lowest BCUT2D eigenvalue weighted by molar-refractivity contribution is 0.0706. The summed E-state index contributed by atoms with van der Waals surface area (Å²) < 4.78 is 5.65. The standard InChI is InChI=1S/C22H26N2O3/c1-27-21-9-8-18(16-6-7-16)19-10-12-24(13-11-20(19)21)14-15-2-4-17(5-3-15)22(25)23-26/h2-5,8-9,16,26H,6-7,10-14H2,1H3,(H,23,25). The number of carbonyl (C=O) groups excluding carboxylic acids is 1. The monoisotopic (exact) mass is 366 g/mol. The highest BCUT2D eigenvalue weighted by Gasteiger charge is 2.29. The van der Waals surface area contributed by atoms with Crippen molar-refractivity contribution in [3.05, 3.63) is 64.2 Å². The van der Waals surface area contributed by atoms with Crippen molar-refractivity contribution >= 4 is 5.91 Å². The van der Waals surface area contributed by atoms with Crippen LogP contribution in [0.15, 0.2) is 36.4 Å². The van der Waals surface area contributed by atoms with Gasteiger partial charge in [-0.3, -0.25) is 14.9 Å². The van der Waals surface area contributed by atoms with Crippen molar-refractivity contribution in [2.24, 2.45) is 0 Å². The normalized spacial score (nSPS) is 17.1. The molecule has 0 spiro atoms. The Morgan fingerprint density at radius 3 is 2.44 bits per heavy atom. The summed E-state index contributed by atoms with van der Waals surface area (Å²) in [6, 6.07) is 11.8. The Labute approximate surface area is 159 Å². The zero-order valence-corrected chi connectivity index (χ0v) is 15.7. The molecule has 1 fully saturated rings. The van der Waals surface area contributed by atoms with Gasteiger partial charge in [-0.05, 0) is 72.1 Å². The number of benzene rings is 2. The fourth-order valence-corrected chi connectivity index (χ4v) is 4.12. The van der Waals surface area contributed by atoms with Gasteiger partial charge in [0.05, 0.1) is 7.11 Å². The number of carbonyl (C=O) groups is 1. The minimum absolute atomic E-state index is 0.461. The molecular weight excluding hydrogens is 340 g/mol. The molecule has 0 aromatic heterocycles. The number of methoxy groups -OCH3 is 1. The zero-order chi connectivity index (χ0) is 18.8. The van der Waals surface area contributed by atoms with E-state index in [0.29, 0.717) is 5.56 Å². The highest BCUT2D eigenvalue weighted by Crippen LogP contribution is 2.44. The van der Waals surface area contributed by atoms with Crippen molar-refractivity contribution in [2.45, 2.75) is 38.1 Å². The second kappa shape index (κ2) is 7.71. The van der Waals surface area contributed by atoms with Crippen LogP contribution in [0.1, 0.15) is 51.4 Å². The Morgan fingerprint density at radius 2 is 1.81 bits per heavy atom. The van der Waals surface area contributed by atoms with Crippen molar-refractivity contribution in [1.29, 1.82) is 0 Å². The summed E-state index contributed by atoms with van der Waals surface area (Å²) in [5.41, 5.74) is 7.73. The van der Waals surface area contributed by atoms with Crippen molar-refractivity contribution in [3.63, 3.8) is 0 Å². The maximum Gasteiger partial charge on any atom is 0.274 e. The summed E-state index contributed by atoms with van der Waals surface area (Å²) >= 11 is 0. The smallest absolute Gasteiger partial charge is 0.274 e. The Kier molecular flexibility index (Phi) is 5.14. The van der Waals surface area contributed by atoms with Crippen molar-refractivity contribution in [3.8, 4) is 5.75 Å². The SMILES string of the molecule is COc1ccc(C2CC2)c2c1CCN(Cc1ccc(C(=O)NO)cc1)CC2. The average molecular weight is 366 g/mol. The number of fused-ring (bicyclic) bond motifs is 1. The summed E-state index contributed by atoms with van der Waals surface area (Å²) in [6.07, 6.45) is 4.69. The van der Waals surface area contributed by atoms with Crippen molar-refractivity contribution in [1.82, 2.24) is 10.4 Å². The first-order chi connectivity index (χ1) is 13.2. The first-order valence-electron chi connectivity index (χ1n) is 9.64. The number of rotatable bonds is 5. The van der Waals surface area contributed by atoms with Crippen LogP contribution in [-0.4, -0.2) is 36.2 Å². The number of hydrogen-bond donors (Lipinski definition) is 2. The third-order valence-corrected chi connectivity index (χ3v) is 5.74. The lowest BCUT2D eigenvalue weighted by Gasteiger charge is -2.20. The quantitative estimate of drug-likeness (QED) is 0.630. The first kappa shape index (κ1) is 18.0. The molecule has 0 atom stereocenters. The number of hydrogen-bond acceptors (Lipinski definition) is 4. The number of ether oxygens (including phenoxy) is 1. The van der Waals surface area contributed by atoms with Gasteiger partial charge in [0.15, 0.2) is 0 Å². The van der Waals surface area contributed by atoms with E-state index in [2.05, 4.69) is 17.0 Å². The predicted octanol–water partition coefficient (Wildman–Crippen LogP) is 3.29. The van der Waals surface area contributed by atoms with Gasteiger partial charge in [-0.25, -0.2) is 5.48 Å². The second-order valence-corrected chi connectivity index (χ2v) is 7.50. The van der Waals surface area contributed by atoms with Gasteiger partial charge >= 0.3 is 0 Å². The molecule has 5 heteroatoms. The summed E-state index contributed by atoms with van der Waals surface area (Å²) in [7, 11) is 1.76. The maximum absolute atomic E-state index is 11.5. The van der Waals surface area contributed by atoms with Crippen molar-refractivity contribution < 1.29 is 14.7 Å². The molecule has 1 aliphatic heterocycles. The molecule has 142 valence electrons. The second-order valence-electron chi connectivity index (χ2n) is 7.50. The third-order valence-electron chi connectivity index (χ3n) is 5.74. The van der Waals surface area contributed by atoms with Gasteiger partial charge in [-0.15, -0.1) is 0 Å². The van der Waals surface area contributed by atoms with Gasteiger partial charge < -0.3 is 4.74 Å². The molecule has 1 heterocycles. The van der Waals surface area contributed by atoms with Crippen LogP contribution in [0.25, 0.3) is 0 Å². The molecule has 0 radical (unpaired) electrons. The number of nitrogens with one attached hydrogen (secondary N) is 1. The largest absolute Gasteiger partial charge is 0.496 e. The number of nitrogens with zero attached hydrogens (tertiary/aromatic N) is 1. The fourth-order valence-electron chi connectivity index (χ4n) is 4.12. The summed E-state index contributed by atoms with van der Waals surface area (Å²) in [5, 5.41) is 8.73. The Bertz CT molecular complexity index is 828. The zero-order valence-electron chi connectivity index (χ0n) is 15.7. The van der Waals surface area contributed by atoms with E-state index in [1.165, 1.54) is 35.1 Å². The molecule has 2 aromatic rings. The first-order valence-corrected chi connectivity index (χ1v) is 9.64. The Morgan fingerprint density at radius 1 is 1.11 bits per heavy atom. The lowest BCUT2D eigenvalue weighted by atomic mass is 9.93. The lowest BCUT2D eigenvalue weighted by Crippen LogP contribution is -2.26. The molecule has 1 saturated carbocycles. The van der Waals surface area contributed by atoms with Crippen LogP contribution in [0.2, 0.25) is 0 Å². The van der Waals surface area contributed by atoms with Crippen LogP contribution >= 0.6 is 0 Å². The van der Waals surface area contributed by atoms with E-state index in [4.69, 9.17) is 9.94 Å². The average Bonchev–Trinajstić information content (AvgIpc) is 3.55. The molecule has 4 rings (SSSR count). The Balaban J connectivity index is 1.48. The van der Waals surface area contributed by atoms with Crippen LogP contribution in [0.3, 0.4) is 0 Å². The van der Waals surface area contributed by atoms with Crippen LogP contribution in [0.5, 0.6) is 5.75 Å². The van der Waals surface area contributed by atoms with Gasteiger partial charge in [0.2, 0.25) is 0 Å². The van der Waals surface area contributed by atoms with E-state index < -0.39 is 5.91 Å². The molecule has 2 N–H and O–H groups in total. The minimum atomic E-state index is -0.480. The molecule has 1 amide bonds. The van der Waals surface area contributed by atoms with E-state index in [1.807, 2.05) is 12.1 Å². The highest BCUT2D eigenvalue weighted by molar-refractivity contribution is 5.93. The highest BCUT2D eigenvalue weighted by atomic mass is 16.5. The molecular formula is C22H26N2O3. The van der Waals surface area contributed by atoms with Crippen LogP contribution in [0, 0.1) is 0 Å². The Hall–Kier alpha value is -2.37. The fraction of sp³-hybridized carbons (Fsp3) is 0.409. The molecule has 5 nitrogen and oxygen atoms in total.